The smallest absolute Gasteiger partial charge is 0.276 e. The number of hydrogen-bond acceptors (Lipinski definition) is 4. The third-order valence-electron chi connectivity index (χ3n) is 3.12. The summed E-state index contributed by atoms with van der Waals surface area (Å²) in [5.74, 6) is -0.121. The first-order valence-corrected chi connectivity index (χ1v) is 5.90. The topological polar surface area (TPSA) is 84.2 Å². The van der Waals surface area contributed by atoms with Gasteiger partial charge < -0.3 is 15.4 Å². The number of aromatic nitrogens is 2. The Morgan fingerprint density at radius 1 is 1.67 bits per heavy atom. The van der Waals surface area contributed by atoms with Gasteiger partial charge in [0.05, 0.1) is 18.0 Å². The van der Waals surface area contributed by atoms with Crippen molar-refractivity contribution in [3.05, 3.63) is 23.0 Å². The van der Waals surface area contributed by atoms with E-state index in [1.807, 2.05) is 6.08 Å². The van der Waals surface area contributed by atoms with Crippen LogP contribution in [0.15, 0.2) is 11.6 Å². The van der Waals surface area contributed by atoms with Gasteiger partial charge in [0, 0.05) is 20.2 Å². The fraction of sp³-hybridized carbons (Fsp3) is 0.500. The summed E-state index contributed by atoms with van der Waals surface area (Å²) in [6, 6.07) is 0. The van der Waals surface area contributed by atoms with Crippen molar-refractivity contribution in [2.45, 2.75) is 13.3 Å². The van der Waals surface area contributed by atoms with Gasteiger partial charge in [-0.3, -0.25) is 9.89 Å². The molecule has 6 nitrogen and oxygen atoms in total. The van der Waals surface area contributed by atoms with E-state index in [4.69, 9.17) is 10.5 Å². The second-order valence-corrected chi connectivity index (χ2v) is 4.41. The van der Waals surface area contributed by atoms with Crippen molar-refractivity contribution in [2.75, 3.05) is 32.5 Å². The minimum absolute atomic E-state index is 0.121. The van der Waals surface area contributed by atoms with Crippen LogP contribution >= 0.6 is 0 Å². The van der Waals surface area contributed by atoms with Gasteiger partial charge in [-0.25, -0.2) is 0 Å². The maximum absolute atomic E-state index is 12.2. The summed E-state index contributed by atoms with van der Waals surface area (Å²) in [5, 5.41) is 6.69. The summed E-state index contributed by atoms with van der Waals surface area (Å²) in [7, 11) is 1.67. The molecule has 0 spiro atoms. The lowest BCUT2D eigenvalue weighted by Crippen LogP contribution is -2.35. The third-order valence-corrected chi connectivity index (χ3v) is 3.12. The first-order valence-electron chi connectivity index (χ1n) is 5.90. The molecule has 0 unspecified atom stereocenters. The summed E-state index contributed by atoms with van der Waals surface area (Å²) < 4.78 is 5.08. The molecule has 2 heterocycles. The number of hydrogen-bond donors (Lipinski definition) is 2. The Morgan fingerprint density at radius 3 is 2.94 bits per heavy atom. The summed E-state index contributed by atoms with van der Waals surface area (Å²) >= 11 is 0. The fourth-order valence-corrected chi connectivity index (χ4v) is 1.96. The van der Waals surface area contributed by atoms with Crippen LogP contribution in [0.2, 0.25) is 0 Å². The lowest BCUT2D eigenvalue weighted by molar-refractivity contribution is 0.0760. The van der Waals surface area contributed by atoms with Gasteiger partial charge in [-0.2, -0.15) is 5.10 Å². The third kappa shape index (κ3) is 2.38. The fourth-order valence-electron chi connectivity index (χ4n) is 1.96. The van der Waals surface area contributed by atoms with Crippen molar-refractivity contribution < 1.29 is 9.53 Å². The first kappa shape index (κ1) is 12.6. The number of nitrogen functional groups attached to an aromatic ring is 1. The number of H-pyrrole nitrogens is 1. The van der Waals surface area contributed by atoms with E-state index in [0.717, 1.165) is 12.1 Å². The lowest BCUT2D eigenvalue weighted by atomic mass is 10.1. The Hall–Kier alpha value is -1.82. The molecule has 0 aromatic carbocycles. The number of nitrogens with one attached hydrogen (secondary N) is 1. The van der Waals surface area contributed by atoms with Crippen molar-refractivity contribution in [3.63, 3.8) is 0 Å². The predicted octanol–water partition coefficient (Wildman–Crippen LogP) is 0.719. The predicted molar refractivity (Wildman–Crippen MR) is 68.2 cm³/mol. The SMILES string of the molecule is COCC1=CCN(C(=O)c2n[nH]c(C)c2N)CC1. The highest BCUT2D eigenvalue weighted by Gasteiger charge is 2.23. The van der Waals surface area contributed by atoms with Gasteiger partial charge in [0.1, 0.15) is 0 Å². The van der Waals surface area contributed by atoms with E-state index in [2.05, 4.69) is 10.2 Å². The number of ether oxygens (including phenoxy) is 1. The first-order chi connectivity index (χ1) is 8.63. The number of aromatic amines is 1. The van der Waals surface area contributed by atoms with Crippen LogP contribution in [0.3, 0.4) is 0 Å². The second-order valence-electron chi connectivity index (χ2n) is 4.41. The monoisotopic (exact) mass is 250 g/mol. The van der Waals surface area contributed by atoms with Crippen LogP contribution in [0.4, 0.5) is 5.69 Å². The Kier molecular flexibility index (Phi) is 3.66. The number of nitrogens with zero attached hydrogens (tertiary/aromatic N) is 2. The average Bonchev–Trinajstić information content (AvgIpc) is 2.71. The quantitative estimate of drug-likeness (QED) is 0.774. The summed E-state index contributed by atoms with van der Waals surface area (Å²) in [6.07, 6.45) is 2.86. The zero-order valence-corrected chi connectivity index (χ0v) is 10.7. The minimum Gasteiger partial charge on any atom is -0.395 e. The highest BCUT2D eigenvalue weighted by atomic mass is 16.5. The molecule has 1 aliphatic heterocycles. The molecule has 6 heteroatoms. The second kappa shape index (κ2) is 5.22. The van der Waals surface area contributed by atoms with Gasteiger partial charge in [-0.05, 0) is 18.9 Å². The van der Waals surface area contributed by atoms with Crippen molar-refractivity contribution >= 4 is 11.6 Å². The molecule has 98 valence electrons. The van der Waals surface area contributed by atoms with Gasteiger partial charge in [-0.15, -0.1) is 0 Å². The number of amides is 1. The molecule has 1 amide bonds. The van der Waals surface area contributed by atoms with E-state index in [-0.39, 0.29) is 5.91 Å². The van der Waals surface area contributed by atoms with E-state index in [1.165, 1.54) is 5.57 Å². The average molecular weight is 250 g/mol. The van der Waals surface area contributed by atoms with Gasteiger partial charge in [0.25, 0.3) is 5.91 Å². The molecule has 0 radical (unpaired) electrons. The van der Waals surface area contributed by atoms with Crippen LogP contribution in [0, 0.1) is 6.92 Å². The highest BCUT2D eigenvalue weighted by molar-refractivity contribution is 5.97. The van der Waals surface area contributed by atoms with Crippen molar-refractivity contribution in [3.8, 4) is 0 Å². The van der Waals surface area contributed by atoms with Crippen LogP contribution in [-0.4, -0.2) is 47.8 Å². The molecule has 18 heavy (non-hydrogen) atoms. The zero-order valence-electron chi connectivity index (χ0n) is 10.7. The number of carbonyl (C=O) groups excluding carboxylic acids is 1. The van der Waals surface area contributed by atoms with E-state index in [9.17, 15) is 4.79 Å². The number of carbonyl (C=O) groups is 1. The number of nitrogens with two attached hydrogens (primary N) is 1. The maximum Gasteiger partial charge on any atom is 0.276 e. The molecule has 1 aromatic heterocycles. The Morgan fingerprint density at radius 2 is 2.44 bits per heavy atom. The molecule has 0 bridgehead atoms. The minimum atomic E-state index is -0.121. The van der Waals surface area contributed by atoms with Gasteiger partial charge in [0.15, 0.2) is 5.69 Å². The standard InChI is InChI=1S/C12H18N4O2/c1-8-10(13)11(15-14-8)12(17)16-5-3-9(4-6-16)7-18-2/h3H,4-7,13H2,1-2H3,(H,14,15). The molecule has 1 aliphatic rings. The summed E-state index contributed by atoms with van der Waals surface area (Å²) in [6.45, 7) is 3.69. The van der Waals surface area contributed by atoms with Crippen LogP contribution in [0.5, 0.6) is 0 Å². The Balaban J connectivity index is 2.06. The molecule has 0 fully saturated rings. The normalized spacial score (nSPS) is 15.7. The Labute approximate surface area is 106 Å². The molecular formula is C12H18N4O2. The van der Waals surface area contributed by atoms with E-state index < -0.39 is 0 Å². The van der Waals surface area contributed by atoms with Crippen LogP contribution in [0.1, 0.15) is 22.6 Å². The van der Waals surface area contributed by atoms with E-state index >= 15 is 0 Å². The molecular weight excluding hydrogens is 232 g/mol. The van der Waals surface area contributed by atoms with Crippen molar-refractivity contribution in [1.82, 2.24) is 15.1 Å². The Bertz CT molecular complexity index is 478. The van der Waals surface area contributed by atoms with Crippen LogP contribution in [0.25, 0.3) is 0 Å². The zero-order chi connectivity index (χ0) is 13.1. The van der Waals surface area contributed by atoms with Crippen molar-refractivity contribution in [2.24, 2.45) is 0 Å². The highest BCUT2D eigenvalue weighted by Crippen LogP contribution is 2.18. The number of aryl methyl sites for hydroxylation is 1. The molecule has 0 atom stereocenters. The van der Waals surface area contributed by atoms with Crippen LogP contribution < -0.4 is 5.73 Å². The van der Waals surface area contributed by atoms with Gasteiger partial charge in [-0.1, -0.05) is 6.08 Å². The maximum atomic E-state index is 12.2. The molecule has 3 N–H and O–H groups in total. The molecule has 0 aliphatic carbocycles. The molecule has 0 saturated heterocycles. The number of anilines is 1. The van der Waals surface area contributed by atoms with Gasteiger partial charge >= 0.3 is 0 Å². The number of rotatable bonds is 3. The van der Waals surface area contributed by atoms with Crippen molar-refractivity contribution in [1.29, 1.82) is 0 Å². The lowest BCUT2D eigenvalue weighted by Gasteiger charge is -2.25. The summed E-state index contributed by atoms with van der Waals surface area (Å²) in [5.41, 5.74) is 8.52. The number of methoxy groups -OCH3 is 1. The summed E-state index contributed by atoms with van der Waals surface area (Å²) in [4.78, 5) is 13.9. The largest absolute Gasteiger partial charge is 0.395 e. The van der Waals surface area contributed by atoms with Crippen LogP contribution in [-0.2, 0) is 4.74 Å². The van der Waals surface area contributed by atoms with Gasteiger partial charge in [0.2, 0.25) is 0 Å². The van der Waals surface area contributed by atoms with E-state index in [0.29, 0.717) is 31.1 Å². The molecule has 2 rings (SSSR count). The van der Waals surface area contributed by atoms with E-state index in [1.54, 1.807) is 18.9 Å². The molecule has 0 saturated carbocycles. The molecule has 1 aromatic rings.